The molecule has 1 saturated heterocycles. The summed E-state index contributed by atoms with van der Waals surface area (Å²) >= 11 is 0. The Labute approximate surface area is 116 Å². The number of hydrogen-bond acceptors (Lipinski definition) is 3. The summed E-state index contributed by atoms with van der Waals surface area (Å²) in [5.74, 6) is 0. The highest BCUT2D eigenvalue weighted by Gasteiger charge is 2.13. The van der Waals surface area contributed by atoms with Crippen molar-refractivity contribution in [1.29, 1.82) is 0 Å². The Hall–Kier alpha value is -1.07. The molecule has 2 rings (SSSR count). The SMILES string of the molecule is CN(Cc1ccc(N2CCCCC2)cc1)S(C)(=O)=O. The molecule has 1 heterocycles. The van der Waals surface area contributed by atoms with Crippen molar-refractivity contribution in [2.45, 2.75) is 25.8 Å². The first kappa shape index (κ1) is 14.3. The van der Waals surface area contributed by atoms with E-state index in [4.69, 9.17) is 0 Å². The van der Waals surface area contributed by atoms with Crippen molar-refractivity contribution in [2.75, 3.05) is 31.3 Å². The fraction of sp³-hybridized carbons (Fsp3) is 0.571. The third kappa shape index (κ3) is 3.94. The molecule has 4 nitrogen and oxygen atoms in total. The molecule has 1 aromatic rings. The highest BCUT2D eigenvalue weighted by molar-refractivity contribution is 7.88. The second-order valence-electron chi connectivity index (χ2n) is 5.23. The average Bonchev–Trinajstić information content (AvgIpc) is 2.39. The topological polar surface area (TPSA) is 40.6 Å². The van der Waals surface area contributed by atoms with E-state index in [-0.39, 0.29) is 0 Å². The van der Waals surface area contributed by atoms with E-state index in [9.17, 15) is 8.42 Å². The first-order chi connectivity index (χ1) is 8.97. The van der Waals surface area contributed by atoms with Gasteiger partial charge in [-0.15, -0.1) is 0 Å². The van der Waals surface area contributed by atoms with Crippen LogP contribution in [0.4, 0.5) is 5.69 Å². The maximum Gasteiger partial charge on any atom is 0.211 e. The van der Waals surface area contributed by atoms with Crippen LogP contribution in [0.15, 0.2) is 24.3 Å². The normalized spacial score (nSPS) is 16.9. The highest BCUT2D eigenvalue weighted by Crippen LogP contribution is 2.20. The van der Waals surface area contributed by atoms with Gasteiger partial charge in [-0.3, -0.25) is 0 Å². The summed E-state index contributed by atoms with van der Waals surface area (Å²) < 4.78 is 24.1. The molecule has 5 heteroatoms. The summed E-state index contributed by atoms with van der Waals surface area (Å²) in [7, 11) is -1.50. The maximum absolute atomic E-state index is 11.4. The van der Waals surface area contributed by atoms with Crippen LogP contribution in [-0.2, 0) is 16.6 Å². The van der Waals surface area contributed by atoms with Crippen LogP contribution in [0, 0.1) is 0 Å². The summed E-state index contributed by atoms with van der Waals surface area (Å²) in [6, 6.07) is 8.23. The van der Waals surface area contributed by atoms with E-state index >= 15 is 0 Å². The molecule has 1 aromatic carbocycles. The predicted molar refractivity (Wildman–Crippen MR) is 78.8 cm³/mol. The Morgan fingerprint density at radius 3 is 2.21 bits per heavy atom. The van der Waals surface area contributed by atoms with Crippen molar-refractivity contribution >= 4 is 15.7 Å². The van der Waals surface area contributed by atoms with Crippen molar-refractivity contribution in [3.8, 4) is 0 Å². The summed E-state index contributed by atoms with van der Waals surface area (Å²) in [4.78, 5) is 2.40. The zero-order valence-corrected chi connectivity index (χ0v) is 12.5. The van der Waals surface area contributed by atoms with Gasteiger partial charge < -0.3 is 4.90 Å². The van der Waals surface area contributed by atoms with E-state index < -0.39 is 10.0 Å². The molecule has 0 spiro atoms. The van der Waals surface area contributed by atoms with Gasteiger partial charge in [0.05, 0.1) is 6.26 Å². The van der Waals surface area contributed by atoms with E-state index in [0.717, 1.165) is 18.7 Å². The van der Waals surface area contributed by atoms with E-state index in [1.165, 1.54) is 35.5 Å². The number of rotatable bonds is 4. The fourth-order valence-corrected chi connectivity index (χ4v) is 2.72. The Balaban J connectivity index is 2.02. The highest BCUT2D eigenvalue weighted by atomic mass is 32.2. The lowest BCUT2D eigenvalue weighted by atomic mass is 10.1. The Morgan fingerprint density at radius 2 is 1.68 bits per heavy atom. The lowest BCUT2D eigenvalue weighted by molar-refractivity contribution is 0.472. The minimum Gasteiger partial charge on any atom is -0.372 e. The second-order valence-corrected chi connectivity index (χ2v) is 7.32. The van der Waals surface area contributed by atoms with Gasteiger partial charge in [-0.05, 0) is 37.0 Å². The molecular weight excluding hydrogens is 260 g/mol. The van der Waals surface area contributed by atoms with Crippen LogP contribution in [0.25, 0.3) is 0 Å². The molecule has 0 amide bonds. The lowest BCUT2D eigenvalue weighted by Crippen LogP contribution is -2.29. The van der Waals surface area contributed by atoms with Gasteiger partial charge in [0.1, 0.15) is 0 Å². The monoisotopic (exact) mass is 282 g/mol. The largest absolute Gasteiger partial charge is 0.372 e. The third-order valence-electron chi connectivity index (χ3n) is 3.63. The van der Waals surface area contributed by atoms with Crippen molar-refractivity contribution in [1.82, 2.24) is 4.31 Å². The molecule has 0 unspecified atom stereocenters. The van der Waals surface area contributed by atoms with E-state index in [2.05, 4.69) is 17.0 Å². The van der Waals surface area contributed by atoms with E-state index in [0.29, 0.717) is 6.54 Å². The first-order valence-electron chi connectivity index (χ1n) is 6.72. The predicted octanol–water partition coefficient (Wildman–Crippen LogP) is 2.07. The van der Waals surface area contributed by atoms with Gasteiger partial charge in [-0.1, -0.05) is 12.1 Å². The minimum absolute atomic E-state index is 0.430. The minimum atomic E-state index is -3.11. The lowest BCUT2D eigenvalue weighted by Gasteiger charge is -2.29. The quantitative estimate of drug-likeness (QED) is 0.849. The third-order valence-corrected chi connectivity index (χ3v) is 4.89. The Kier molecular flexibility index (Phi) is 4.47. The molecule has 19 heavy (non-hydrogen) atoms. The fourth-order valence-electron chi connectivity index (χ4n) is 2.34. The van der Waals surface area contributed by atoms with Crippen LogP contribution >= 0.6 is 0 Å². The summed E-state index contributed by atoms with van der Waals surface area (Å²) in [6.45, 7) is 2.68. The van der Waals surface area contributed by atoms with Gasteiger partial charge in [0.2, 0.25) is 10.0 Å². The summed E-state index contributed by atoms with van der Waals surface area (Å²) in [6.07, 6.45) is 5.08. The van der Waals surface area contributed by atoms with Gasteiger partial charge in [0.15, 0.2) is 0 Å². The van der Waals surface area contributed by atoms with Crippen LogP contribution in [0.5, 0.6) is 0 Å². The molecule has 0 aromatic heterocycles. The average molecular weight is 282 g/mol. The number of hydrogen-bond donors (Lipinski definition) is 0. The molecule has 106 valence electrons. The van der Waals surface area contributed by atoms with Crippen molar-refractivity contribution in [3.63, 3.8) is 0 Å². The Morgan fingerprint density at radius 1 is 1.11 bits per heavy atom. The molecule has 0 N–H and O–H groups in total. The van der Waals surface area contributed by atoms with Gasteiger partial charge >= 0.3 is 0 Å². The maximum atomic E-state index is 11.4. The number of benzene rings is 1. The molecule has 0 saturated carbocycles. The molecule has 1 fully saturated rings. The van der Waals surface area contributed by atoms with Gasteiger partial charge in [0.25, 0.3) is 0 Å². The molecule has 0 atom stereocenters. The van der Waals surface area contributed by atoms with Crippen LogP contribution < -0.4 is 4.90 Å². The number of sulfonamides is 1. The number of piperidine rings is 1. The van der Waals surface area contributed by atoms with Crippen molar-refractivity contribution < 1.29 is 8.42 Å². The Bertz CT molecular complexity index is 505. The summed E-state index contributed by atoms with van der Waals surface area (Å²) in [5, 5.41) is 0. The van der Waals surface area contributed by atoms with Crippen LogP contribution in [0.1, 0.15) is 24.8 Å². The zero-order chi connectivity index (χ0) is 13.9. The molecular formula is C14H22N2O2S. The van der Waals surface area contributed by atoms with Crippen molar-refractivity contribution in [2.24, 2.45) is 0 Å². The number of nitrogens with zero attached hydrogens (tertiary/aromatic N) is 2. The van der Waals surface area contributed by atoms with Gasteiger partial charge in [-0.2, -0.15) is 0 Å². The van der Waals surface area contributed by atoms with Gasteiger partial charge in [-0.25, -0.2) is 12.7 Å². The smallest absolute Gasteiger partial charge is 0.211 e. The molecule has 1 aliphatic heterocycles. The molecule has 0 aliphatic carbocycles. The van der Waals surface area contributed by atoms with Crippen molar-refractivity contribution in [3.05, 3.63) is 29.8 Å². The van der Waals surface area contributed by atoms with Crippen LogP contribution in [0.2, 0.25) is 0 Å². The van der Waals surface area contributed by atoms with Crippen LogP contribution in [-0.4, -0.2) is 39.1 Å². The standard InChI is InChI=1S/C14H22N2O2S/c1-15(19(2,17)18)12-13-6-8-14(9-7-13)16-10-4-3-5-11-16/h6-9H,3-5,10-12H2,1-2H3. The van der Waals surface area contributed by atoms with Crippen LogP contribution in [0.3, 0.4) is 0 Å². The zero-order valence-electron chi connectivity index (χ0n) is 11.7. The van der Waals surface area contributed by atoms with Gasteiger partial charge in [0, 0.05) is 32.4 Å². The number of anilines is 1. The van der Waals surface area contributed by atoms with E-state index in [1.807, 2.05) is 12.1 Å². The second kappa shape index (κ2) is 5.92. The molecule has 0 bridgehead atoms. The molecule has 1 aliphatic rings. The molecule has 0 radical (unpaired) electrons. The summed E-state index contributed by atoms with van der Waals surface area (Å²) in [5.41, 5.74) is 2.26. The first-order valence-corrected chi connectivity index (χ1v) is 8.57. The van der Waals surface area contributed by atoms with E-state index in [1.54, 1.807) is 7.05 Å².